The fourth-order valence-electron chi connectivity index (χ4n) is 2.17. The average Bonchev–Trinajstić information content (AvgIpc) is 2.82. The highest BCUT2D eigenvalue weighted by Gasteiger charge is 2.31. The molecule has 1 aliphatic rings. The van der Waals surface area contributed by atoms with Gasteiger partial charge in [0.15, 0.2) is 0 Å². The third-order valence-electron chi connectivity index (χ3n) is 3.23. The van der Waals surface area contributed by atoms with Crippen molar-refractivity contribution in [3.63, 3.8) is 0 Å². The van der Waals surface area contributed by atoms with Crippen molar-refractivity contribution in [2.75, 3.05) is 24.6 Å². The van der Waals surface area contributed by atoms with E-state index in [1.807, 2.05) is 20.8 Å². The van der Waals surface area contributed by atoms with Crippen molar-refractivity contribution in [1.82, 2.24) is 4.90 Å². The highest BCUT2D eigenvalue weighted by Crippen LogP contribution is 2.33. The maximum atomic E-state index is 12.0. The number of anilines is 2. The highest BCUT2D eigenvalue weighted by atomic mass is 79.9. The van der Waals surface area contributed by atoms with Crippen LogP contribution in [0.2, 0.25) is 0 Å². The van der Waals surface area contributed by atoms with E-state index in [0.717, 1.165) is 10.9 Å². The van der Waals surface area contributed by atoms with E-state index in [-0.39, 0.29) is 12.2 Å². The van der Waals surface area contributed by atoms with Gasteiger partial charge in [-0.25, -0.2) is 4.79 Å². The van der Waals surface area contributed by atoms with E-state index in [9.17, 15) is 4.79 Å². The van der Waals surface area contributed by atoms with Crippen molar-refractivity contribution in [3.8, 4) is 5.75 Å². The lowest BCUT2D eigenvalue weighted by Gasteiger charge is -2.24. The summed E-state index contributed by atoms with van der Waals surface area (Å²) in [6, 6.07) is 3.40. The van der Waals surface area contributed by atoms with Gasteiger partial charge >= 0.3 is 6.09 Å². The van der Waals surface area contributed by atoms with Crippen LogP contribution in [0.15, 0.2) is 16.6 Å². The zero-order valence-corrected chi connectivity index (χ0v) is 14.6. The summed E-state index contributed by atoms with van der Waals surface area (Å²) in [5.41, 5.74) is 12.0. The molecule has 1 saturated heterocycles. The lowest BCUT2D eigenvalue weighted by Crippen LogP contribution is -2.36. The SMILES string of the molecule is CC(C)(C)OC(=O)N1CC[C@H](Oc2cc(N)c(N)cc2Br)C1. The third kappa shape index (κ3) is 4.19. The van der Waals surface area contributed by atoms with Gasteiger partial charge in [-0.3, -0.25) is 0 Å². The fourth-order valence-corrected chi connectivity index (χ4v) is 2.63. The Labute approximate surface area is 138 Å². The maximum absolute atomic E-state index is 12.0. The number of hydrogen-bond donors (Lipinski definition) is 2. The molecule has 7 heteroatoms. The number of carbonyl (C=O) groups excluding carboxylic acids is 1. The molecule has 1 heterocycles. The summed E-state index contributed by atoms with van der Waals surface area (Å²) in [5.74, 6) is 0.628. The van der Waals surface area contributed by atoms with Gasteiger partial charge in [0.25, 0.3) is 0 Å². The molecule has 1 aromatic rings. The molecule has 0 aromatic heterocycles. The summed E-state index contributed by atoms with van der Waals surface area (Å²) >= 11 is 3.41. The molecule has 0 saturated carbocycles. The second-order valence-corrected chi connectivity index (χ2v) is 7.22. The number of halogens is 1. The predicted octanol–water partition coefficient (Wildman–Crippen LogP) is 3.00. The number of carbonyl (C=O) groups is 1. The number of rotatable bonds is 2. The molecule has 122 valence electrons. The van der Waals surface area contributed by atoms with E-state index in [1.165, 1.54) is 0 Å². The zero-order chi connectivity index (χ0) is 16.5. The summed E-state index contributed by atoms with van der Waals surface area (Å²) < 4.78 is 12.0. The van der Waals surface area contributed by atoms with Gasteiger partial charge in [-0.15, -0.1) is 0 Å². The summed E-state index contributed by atoms with van der Waals surface area (Å²) in [4.78, 5) is 13.7. The first kappa shape index (κ1) is 16.7. The standard InChI is InChI=1S/C15H22BrN3O3/c1-15(2,3)22-14(20)19-5-4-9(8-19)21-13-7-12(18)11(17)6-10(13)16/h6-7,9H,4-5,8,17-18H2,1-3H3/t9-/m0/s1. The highest BCUT2D eigenvalue weighted by molar-refractivity contribution is 9.10. The maximum Gasteiger partial charge on any atom is 0.410 e. The van der Waals surface area contributed by atoms with Gasteiger partial charge in [-0.1, -0.05) is 0 Å². The van der Waals surface area contributed by atoms with Crippen molar-refractivity contribution in [3.05, 3.63) is 16.6 Å². The molecular weight excluding hydrogens is 350 g/mol. The van der Waals surface area contributed by atoms with Crippen LogP contribution in [0.3, 0.4) is 0 Å². The van der Waals surface area contributed by atoms with Gasteiger partial charge in [0.2, 0.25) is 0 Å². The first-order chi connectivity index (χ1) is 10.2. The van der Waals surface area contributed by atoms with E-state index in [4.69, 9.17) is 20.9 Å². The van der Waals surface area contributed by atoms with Crippen molar-refractivity contribution in [2.45, 2.75) is 38.9 Å². The molecule has 1 atom stereocenters. The molecule has 4 N–H and O–H groups in total. The number of nitrogen functional groups attached to an aromatic ring is 2. The number of benzene rings is 1. The van der Waals surface area contributed by atoms with Gasteiger partial charge in [0.05, 0.1) is 22.4 Å². The number of amides is 1. The summed E-state index contributed by atoms with van der Waals surface area (Å²) in [6.45, 7) is 6.66. The Morgan fingerprint density at radius 2 is 1.95 bits per heavy atom. The largest absolute Gasteiger partial charge is 0.487 e. The number of ether oxygens (including phenoxy) is 2. The van der Waals surface area contributed by atoms with E-state index < -0.39 is 5.60 Å². The Kier molecular flexibility index (Phi) is 4.75. The normalized spacial score (nSPS) is 18.4. The minimum absolute atomic E-state index is 0.0909. The minimum Gasteiger partial charge on any atom is -0.487 e. The van der Waals surface area contributed by atoms with E-state index >= 15 is 0 Å². The monoisotopic (exact) mass is 371 g/mol. The Bertz CT molecular complexity index is 572. The van der Waals surface area contributed by atoms with Crippen molar-refractivity contribution >= 4 is 33.4 Å². The summed E-state index contributed by atoms with van der Waals surface area (Å²) in [6.07, 6.45) is 0.344. The van der Waals surface area contributed by atoms with Crippen molar-refractivity contribution in [1.29, 1.82) is 0 Å². The minimum atomic E-state index is -0.496. The van der Waals surface area contributed by atoms with Crippen LogP contribution in [0.1, 0.15) is 27.2 Å². The lowest BCUT2D eigenvalue weighted by molar-refractivity contribution is 0.0275. The number of hydrogen-bond acceptors (Lipinski definition) is 5. The Balaban J connectivity index is 1.97. The fraction of sp³-hybridized carbons (Fsp3) is 0.533. The van der Waals surface area contributed by atoms with Crippen LogP contribution in [0.4, 0.5) is 16.2 Å². The molecule has 1 aliphatic heterocycles. The smallest absolute Gasteiger partial charge is 0.410 e. The molecule has 0 spiro atoms. The van der Waals surface area contributed by atoms with Crippen LogP contribution >= 0.6 is 15.9 Å². The summed E-state index contributed by atoms with van der Waals surface area (Å²) in [5, 5.41) is 0. The molecule has 22 heavy (non-hydrogen) atoms. The third-order valence-corrected chi connectivity index (χ3v) is 3.85. The van der Waals surface area contributed by atoms with E-state index in [2.05, 4.69) is 15.9 Å². The van der Waals surface area contributed by atoms with Gasteiger partial charge in [-0.2, -0.15) is 0 Å². The predicted molar refractivity (Wildman–Crippen MR) is 89.8 cm³/mol. The van der Waals surface area contributed by atoms with Crippen LogP contribution in [-0.4, -0.2) is 35.8 Å². The quantitative estimate of drug-likeness (QED) is 0.779. The molecule has 1 amide bonds. The van der Waals surface area contributed by atoms with Crippen LogP contribution in [-0.2, 0) is 4.74 Å². The molecule has 0 aliphatic carbocycles. The Hall–Kier alpha value is -1.63. The molecule has 1 fully saturated rings. The van der Waals surface area contributed by atoms with E-state index in [0.29, 0.717) is 30.2 Å². The second kappa shape index (κ2) is 6.24. The number of likely N-dealkylation sites (tertiary alicyclic amines) is 1. The first-order valence-corrected chi connectivity index (χ1v) is 7.94. The average molecular weight is 372 g/mol. The number of nitrogens with zero attached hydrogens (tertiary/aromatic N) is 1. The topological polar surface area (TPSA) is 90.8 Å². The van der Waals surface area contributed by atoms with E-state index in [1.54, 1.807) is 17.0 Å². The molecule has 0 unspecified atom stereocenters. The van der Waals surface area contributed by atoms with Gasteiger partial charge in [0.1, 0.15) is 17.5 Å². The molecule has 0 radical (unpaired) electrons. The number of nitrogens with two attached hydrogens (primary N) is 2. The van der Waals surface area contributed by atoms with Crippen LogP contribution in [0.5, 0.6) is 5.75 Å². The molecule has 0 bridgehead atoms. The Morgan fingerprint density at radius 1 is 1.32 bits per heavy atom. The molecule has 6 nitrogen and oxygen atoms in total. The molecular formula is C15H22BrN3O3. The van der Waals surface area contributed by atoms with Gasteiger partial charge < -0.3 is 25.8 Å². The second-order valence-electron chi connectivity index (χ2n) is 6.37. The first-order valence-electron chi connectivity index (χ1n) is 7.15. The zero-order valence-electron chi connectivity index (χ0n) is 13.1. The summed E-state index contributed by atoms with van der Waals surface area (Å²) in [7, 11) is 0. The molecule has 1 aromatic carbocycles. The van der Waals surface area contributed by atoms with Crippen molar-refractivity contribution in [2.24, 2.45) is 0 Å². The van der Waals surface area contributed by atoms with Crippen molar-refractivity contribution < 1.29 is 14.3 Å². The lowest BCUT2D eigenvalue weighted by atomic mass is 10.2. The van der Waals surface area contributed by atoms with Gasteiger partial charge in [0, 0.05) is 19.0 Å². The van der Waals surface area contributed by atoms with Crippen LogP contribution in [0.25, 0.3) is 0 Å². The van der Waals surface area contributed by atoms with Gasteiger partial charge in [-0.05, 0) is 42.8 Å². The Morgan fingerprint density at radius 3 is 2.59 bits per heavy atom. The molecule has 2 rings (SSSR count). The van der Waals surface area contributed by atoms with Crippen LogP contribution < -0.4 is 16.2 Å². The van der Waals surface area contributed by atoms with Crippen LogP contribution in [0, 0.1) is 0 Å².